The summed E-state index contributed by atoms with van der Waals surface area (Å²) in [5, 5.41) is 3.91. The minimum Gasteiger partial charge on any atom is -0.358 e. The van der Waals surface area contributed by atoms with Gasteiger partial charge in [-0.3, -0.25) is 14.5 Å². The number of fused-ring (bicyclic) bond motifs is 3. The first-order chi connectivity index (χ1) is 15.9. The zero-order valence-corrected chi connectivity index (χ0v) is 19.0. The van der Waals surface area contributed by atoms with Gasteiger partial charge in [0.05, 0.1) is 0 Å². The molecule has 3 aromatic rings. The van der Waals surface area contributed by atoms with Gasteiger partial charge in [0.15, 0.2) is 0 Å². The van der Waals surface area contributed by atoms with Gasteiger partial charge in [0.1, 0.15) is 12.1 Å². The molecule has 1 unspecified atom stereocenters. The number of H-pyrrole nitrogens is 1. The number of benzene rings is 2. The topological polar surface area (TPSA) is 85.5 Å². The first-order valence-electron chi connectivity index (χ1n) is 11.5. The van der Waals surface area contributed by atoms with Crippen molar-refractivity contribution in [1.29, 1.82) is 0 Å². The van der Waals surface area contributed by atoms with Gasteiger partial charge in [0.25, 0.3) is 5.91 Å². The highest BCUT2D eigenvalue weighted by Crippen LogP contribution is 2.30. The highest BCUT2D eigenvalue weighted by Gasteiger charge is 2.49. The molecule has 0 aliphatic carbocycles. The number of hydrogen-bond donors (Lipinski definition) is 2. The molecule has 1 fully saturated rings. The Morgan fingerprint density at radius 3 is 2.61 bits per heavy atom. The summed E-state index contributed by atoms with van der Waals surface area (Å²) < 4.78 is 0. The number of carbonyl (C=O) groups excluding carboxylic acids is 3. The van der Waals surface area contributed by atoms with Gasteiger partial charge >= 0.3 is 6.03 Å². The number of aromatic amines is 1. The van der Waals surface area contributed by atoms with Crippen molar-refractivity contribution in [3.8, 4) is 0 Å². The molecular weight excluding hydrogens is 416 g/mol. The molecule has 1 atom stereocenters. The third kappa shape index (κ3) is 3.57. The molecule has 2 N–H and O–H groups in total. The lowest BCUT2D eigenvalue weighted by molar-refractivity contribution is -0.139. The number of aromatic nitrogens is 1. The lowest BCUT2D eigenvalue weighted by Gasteiger charge is -2.29. The molecule has 1 saturated heterocycles. The number of carbonyl (C=O) groups is 3. The second-order valence-corrected chi connectivity index (χ2v) is 9.09. The van der Waals surface area contributed by atoms with Gasteiger partial charge in [0, 0.05) is 41.7 Å². The fraction of sp³-hybridized carbons (Fsp3) is 0.346. The number of amides is 4. The number of rotatable bonds is 5. The van der Waals surface area contributed by atoms with Crippen LogP contribution in [0.1, 0.15) is 42.7 Å². The van der Waals surface area contributed by atoms with Crippen LogP contribution >= 0.6 is 0 Å². The molecule has 33 heavy (non-hydrogen) atoms. The first-order valence-corrected chi connectivity index (χ1v) is 11.5. The molecule has 7 heteroatoms. The maximum Gasteiger partial charge on any atom is 0.325 e. The Morgan fingerprint density at radius 2 is 1.85 bits per heavy atom. The van der Waals surface area contributed by atoms with Crippen molar-refractivity contribution in [2.24, 2.45) is 0 Å². The summed E-state index contributed by atoms with van der Waals surface area (Å²) in [4.78, 5) is 45.3. The summed E-state index contributed by atoms with van der Waals surface area (Å²) in [5.74, 6) is -0.620. The molecule has 7 nitrogen and oxygen atoms in total. The molecule has 5 rings (SSSR count). The minimum absolute atomic E-state index is 0.225. The number of para-hydroxylation sites is 1. The highest BCUT2D eigenvalue weighted by molar-refractivity contribution is 6.09. The van der Waals surface area contributed by atoms with Crippen LogP contribution in [0.25, 0.3) is 10.9 Å². The van der Waals surface area contributed by atoms with Crippen molar-refractivity contribution >= 4 is 28.7 Å². The van der Waals surface area contributed by atoms with Crippen LogP contribution in [-0.4, -0.2) is 45.7 Å². The SMILES string of the molecule is CCCc1ccc(C2(C)NC(=O)N(CC(=O)N3CCc4[nH]c5ccccc5c4C3)C2=O)cc1. The van der Waals surface area contributed by atoms with Gasteiger partial charge in [-0.15, -0.1) is 0 Å². The molecule has 2 aliphatic heterocycles. The van der Waals surface area contributed by atoms with Gasteiger partial charge in [-0.05, 0) is 30.5 Å². The van der Waals surface area contributed by atoms with E-state index in [1.165, 1.54) is 5.56 Å². The number of nitrogens with zero attached hydrogens (tertiary/aromatic N) is 2. The van der Waals surface area contributed by atoms with Crippen molar-refractivity contribution in [3.05, 3.63) is 70.9 Å². The largest absolute Gasteiger partial charge is 0.358 e. The van der Waals surface area contributed by atoms with Crippen molar-refractivity contribution in [2.75, 3.05) is 13.1 Å². The summed E-state index contributed by atoms with van der Waals surface area (Å²) in [7, 11) is 0. The number of aryl methyl sites for hydroxylation is 1. The minimum atomic E-state index is -1.17. The predicted molar refractivity (Wildman–Crippen MR) is 125 cm³/mol. The van der Waals surface area contributed by atoms with Crippen molar-refractivity contribution in [1.82, 2.24) is 20.1 Å². The van der Waals surface area contributed by atoms with E-state index >= 15 is 0 Å². The molecule has 0 spiro atoms. The lowest BCUT2D eigenvalue weighted by Crippen LogP contribution is -2.45. The van der Waals surface area contributed by atoms with Crippen LogP contribution in [0.5, 0.6) is 0 Å². The molecule has 3 heterocycles. The van der Waals surface area contributed by atoms with E-state index in [2.05, 4.69) is 17.2 Å². The molecule has 2 aromatic carbocycles. The molecule has 1 aromatic heterocycles. The van der Waals surface area contributed by atoms with Crippen LogP contribution in [0.2, 0.25) is 0 Å². The first kappa shape index (κ1) is 21.2. The fourth-order valence-electron chi connectivity index (χ4n) is 4.94. The van der Waals surface area contributed by atoms with Crippen LogP contribution in [0.3, 0.4) is 0 Å². The highest BCUT2D eigenvalue weighted by atomic mass is 16.2. The Hall–Kier alpha value is -3.61. The van der Waals surface area contributed by atoms with Crippen LogP contribution in [0.15, 0.2) is 48.5 Å². The second-order valence-electron chi connectivity index (χ2n) is 9.09. The Balaban J connectivity index is 1.31. The molecule has 170 valence electrons. The Kier molecular flexibility index (Phi) is 5.19. The van der Waals surface area contributed by atoms with Crippen molar-refractivity contribution in [3.63, 3.8) is 0 Å². The average molecular weight is 445 g/mol. The Labute approximate surface area is 192 Å². The Morgan fingerprint density at radius 1 is 1.09 bits per heavy atom. The smallest absolute Gasteiger partial charge is 0.325 e. The standard InChI is InChI=1S/C26H28N4O3/c1-3-6-17-9-11-18(12-10-17)26(2)24(32)30(25(33)28-26)16-23(31)29-14-13-22-20(15-29)19-7-4-5-8-21(19)27-22/h4-5,7-12,27H,3,6,13-16H2,1-2H3,(H,28,33). The van der Waals surface area contributed by atoms with E-state index in [0.717, 1.165) is 51.9 Å². The third-order valence-corrected chi connectivity index (χ3v) is 6.87. The zero-order chi connectivity index (χ0) is 23.2. The monoisotopic (exact) mass is 444 g/mol. The van der Waals surface area contributed by atoms with Crippen molar-refractivity contribution in [2.45, 2.75) is 45.2 Å². The van der Waals surface area contributed by atoms with E-state index in [1.807, 2.05) is 48.5 Å². The van der Waals surface area contributed by atoms with E-state index in [-0.39, 0.29) is 12.5 Å². The second kappa shape index (κ2) is 8.06. The molecule has 0 bridgehead atoms. The summed E-state index contributed by atoms with van der Waals surface area (Å²) in [5.41, 5.74) is 4.06. The predicted octanol–water partition coefficient (Wildman–Crippen LogP) is 3.47. The quantitative estimate of drug-likeness (QED) is 0.591. The lowest BCUT2D eigenvalue weighted by atomic mass is 9.91. The fourth-order valence-corrected chi connectivity index (χ4v) is 4.94. The van der Waals surface area contributed by atoms with Crippen LogP contribution in [0, 0.1) is 0 Å². The molecule has 0 radical (unpaired) electrons. The Bertz CT molecular complexity index is 1250. The average Bonchev–Trinajstić information content (AvgIpc) is 3.30. The summed E-state index contributed by atoms with van der Waals surface area (Å²) >= 11 is 0. The van der Waals surface area contributed by atoms with Gasteiger partial charge in [-0.1, -0.05) is 55.8 Å². The molecule has 0 saturated carbocycles. The number of hydrogen-bond acceptors (Lipinski definition) is 3. The van der Waals surface area contributed by atoms with Gasteiger partial charge in [0.2, 0.25) is 5.91 Å². The van der Waals surface area contributed by atoms with Gasteiger partial charge in [-0.2, -0.15) is 0 Å². The maximum atomic E-state index is 13.3. The van der Waals surface area contributed by atoms with E-state index < -0.39 is 17.5 Å². The van der Waals surface area contributed by atoms with E-state index in [4.69, 9.17) is 0 Å². The molecular formula is C26H28N4O3. The van der Waals surface area contributed by atoms with Gasteiger partial charge in [-0.25, -0.2) is 4.79 Å². The normalized spacial score (nSPS) is 20.3. The summed E-state index contributed by atoms with van der Waals surface area (Å²) in [6, 6.07) is 15.3. The third-order valence-electron chi connectivity index (χ3n) is 6.87. The maximum absolute atomic E-state index is 13.3. The number of nitrogens with one attached hydrogen (secondary N) is 2. The van der Waals surface area contributed by atoms with Crippen molar-refractivity contribution < 1.29 is 14.4 Å². The molecule has 2 aliphatic rings. The van der Waals surface area contributed by atoms with Crippen LogP contribution < -0.4 is 5.32 Å². The summed E-state index contributed by atoms with van der Waals surface area (Å²) in [6.45, 7) is 4.58. The van der Waals surface area contributed by atoms with Gasteiger partial charge < -0.3 is 15.2 Å². The van der Waals surface area contributed by atoms with Crippen LogP contribution in [-0.2, 0) is 34.5 Å². The summed E-state index contributed by atoms with van der Waals surface area (Å²) in [6.07, 6.45) is 2.72. The van der Waals surface area contributed by atoms with E-state index in [9.17, 15) is 14.4 Å². The number of urea groups is 1. The molecule has 4 amide bonds. The number of imide groups is 1. The van der Waals surface area contributed by atoms with E-state index in [1.54, 1.807) is 11.8 Å². The van der Waals surface area contributed by atoms with E-state index in [0.29, 0.717) is 13.1 Å². The van der Waals surface area contributed by atoms with Crippen LogP contribution in [0.4, 0.5) is 4.79 Å². The zero-order valence-electron chi connectivity index (χ0n) is 19.0.